The van der Waals surface area contributed by atoms with Crippen LogP contribution >= 0.6 is 48.0 Å². The van der Waals surface area contributed by atoms with E-state index >= 15 is 0 Å². The maximum absolute atomic E-state index is 12.6. The smallest absolute Gasteiger partial charge is 0.314 e. The molecule has 2 rings (SSSR count). The van der Waals surface area contributed by atoms with Crippen LogP contribution in [0.25, 0.3) is 0 Å². The Kier molecular flexibility index (Phi) is 10.2. The van der Waals surface area contributed by atoms with Crippen molar-refractivity contribution in [3.8, 4) is 0 Å². The summed E-state index contributed by atoms with van der Waals surface area (Å²) in [7, 11) is 0. The number of nitrogens with one attached hydrogen (secondary N) is 1. The number of nitrogens with zero attached hydrogens (tertiary/aromatic N) is 1. The quantitative estimate of drug-likeness (QED) is 0.736. The van der Waals surface area contributed by atoms with Crippen LogP contribution in [0.2, 0.25) is 10.0 Å². The largest absolute Gasteiger partial charge is 0.389 e. The van der Waals surface area contributed by atoms with Crippen molar-refractivity contribution in [3.63, 3.8) is 0 Å². The number of alkyl halides is 3. The maximum atomic E-state index is 12.6. The lowest BCUT2D eigenvalue weighted by molar-refractivity contribution is -0.138. The van der Waals surface area contributed by atoms with Gasteiger partial charge >= 0.3 is 6.18 Å². The molecule has 0 bridgehead atoms. The molecule has 0 amide bonds. The van der Waals surface area contributed by atoms with E-state index in [4.69, 9.17) is 23.2 Å². The van der Waals surface area contributed by atoms with Gasteiger partial charge in [0.25, 0.3) is 0 Å². The number of benzene rings is 1. The zero-order valence-corrected chi connectivity index (χ0v) is 15.4. The van der Waals surface area contributed by atoms with Gasteiger partial charge in [0.2, 0.25) is 0 Å². The van der Waals surface area contributed by atoms with Crippen LogP contribution in [-0.2, 0) is 0 Å². The Labute approximate surface area is 156 Å². The molecule has 1 fully saturated rings. The van der Waals surface area contributed by atoms with E-state index in [1.54, 1.807) is 18.2 Å². The summed E-state index contributed by atoms with van der Waals surface area (Å²) in [6, 6.07) is 4.77. The summed E-state index contributed by atoms with van der Waals surface area (Å²) < 4.78 is 37.8. The molecule has 1 heterocycles. The average molecular weight is 414 g/mol. The second-order valence-corrected chi connectivity index (χ2v) is 5.88. The third kappa shape index (κ3) is 6.85. The minimum absolute atomic E-state index is 0. The van der Waals surface area contributed by atoms with E-state index in [1.165, 1.54) is 0 Å². The molecule has 1 aliphatic rings. The van der Waals surface area contributed by atoms with E-state index in [1.807, 2.05) is 4.90 Å². The highest BCUT2D eigenvalue weighted by Gasteiger charge is 2.32. The molecule has 0 spiro atoms. The molecule has 1 saturated heterocycles. The lowest BCUT2D eigenvalue weighted by Gasteiger charge is -2.36. The van der Waals surface area contributed by atoms with E-state index in [-0.39, 0.29) is 37.3 Å². The molecule has 134 valence electrons. The summed E-state index contributed by atoms with van der Waals surface area (Å²) in [5.41, 5.74) is 0.676. The Balaban J connectivity index is 0.00000242. The topological polar surface area (TPSA) is 15.3 Å². The van der Waals surface area contributed by atoms with Gasteiger partial charge in [0.05, 0.1) is 10.0 Å². The van der Waals surface area contributed by atoms with Crippen LogP contribution in [0.3, 0.4) is 0 Å². The van der Waals surface area contributed by atoms with Crippen molar-refractivity contribution < 1.29 is 13.2 Å². The van der Waals surface area contributed by atoms with Crippen LogP contribution in [-0.4, -0.2) is 37.3 Å². The van der Waals surface area contributed by atoms with Crippen LogP contribution in [0.5, 0.6) is 0 Å². The van der Waals surface area contributed by atoms with Crippen LogP contribution in [0.1, 0.15) is 24.4 Å². The first kappa shape index (κ1) is 23.1. The van der Waals surface area contributed by atoms with Gasteiger partial charge in [-0.2, -0.15) is 13.2 Å². The summed E-state index contributed by atoms with van der Waals surface area (Å²) in [6.07, 6.45) is -5.01. The zero-order chi connectivity index (χ0) is 15.5. The van der Waals surface area contributed by atoms with Gasteiger partial charge in [-0.05, 0) is 18.1 Å². The van der Waals surface area contributed by atoms with Crippen molar-refractivity contribution in [2.24, 2.45) is 0 Å². The summed E-state index contributed by atoms with van der Waals surface area (Å²) in [4.78, 5) is 2.04. The van der Waals surface area contributed by atoms with Crippen molar-refractivity contribution in [1.29, 1.82) is 0 Å². The summed E-state index contributed by atoms with van der Waals surface area (Å²) in [6.45, 7) is 2.93. The van der Waals surface area contributed by atoms with E-state index < -0.39 is 12.6 Å². The third-order valence-corrected chi connectivity index (χ3v) is 4.47. The standard InChI is InChI=1S/C14H17Cl2F3N2.2ClH/c15-11-3-1-2-10(13(11)16)12(4-5-14(17,18)19)21-8-6-20-7-9-21;;/h1-3,12,20H,4-9H2;2*1H/t12-;;/m0../s1. The Bertz CT molecular complexity index is 480. The highest BCUT2D eigenvalue weighted by molar-refractivity contribution is 6.42. The monoisotopic (exact) mass is 412 g/mol. The van der Waals surface area contributed by atoms with E-state index in [2.05, 4.69) is 5.32 Å². The fourth-order valence-corrected chi connectivity index (χ4v) is 3.04. The Morgan fingerprint density at radius 2 is 1.74 bits per heavy atom. The van der Waals surface area contributed by atoms with Crippen molar-refractivity contribution in [2.75, 3.05) is 26.2 Å². The predicted molar refractivity (Wildman–Crippen MR) is 93.4 cm³/mol. The number of hydrogen-bond acceptors (Lipinski definition) is 2. The summed E-state index contributed by atoms with van der Waals surface area (Å²) in [5, 5.41) is 3.92. The lowest BCUT2D eigenvalue weighted by Crippen LogP contribution is -2.45. The molecule has 1 aromatic rings. The van der Waals surface area contributed by atoms with Gasteiger partial charge in [0, 0.05) is 38.6 Å². The van der Waals surface area contributed by atoms with E-state index in [9.17, 15) is 13.2 Å². The average Bonchev–Trinajstić information content (AvgIpc) is 2.43. The highest BCUT2D eigenvalue weighted by atomic mass is 35.5. The fraction of sp³-hybridized carbons (Fsp3) is 0.571. The number of piperazine rings is 1. The van der Waals surface area contributed by atoms with Gasteiger partial charge in [-0.1, -0.05) is 35.3 Å². The molecule has 0 unspecified atom stereocenters. The Hall–Kier alpha value is 0.0900. The molecule has 0 aromatic heterocycles. The molecule has 0 aliphatic carbocycles. The molecule has 9 heteroatoms. The lowest BCUT2D eigenvalue weighted by atomic mass is 9.99. The van der Waals surface area contributed by atoms with Gasteiger partial charge in [0.15, 0.2) is 0 Å². The minimum atomic E-state index is -4.17. The van der Waals surface area contributed by atoms with Crippen LogP contribution in [0.15, 0.2) is 18.2 Å². The molecule has 1 aromatic carbocycles. The van der Waals surface area contributed by atoms with Gasteiger partial charge < -0.3 is 5.32 Å². The Morgan fingerprint density at radius 3 is 2.30 bits per heavy atom. The molecule has 23 heavy (non-hydrogen) atoms. The molecular formula is C14H19Cl4F3N2. The normalized spacial score (nSPS) is 17.1. The first-order valence-electron chi connectivity index (χ1n) is 6.84. The number of hydrogen-bond donors (Lipinski definition) is 1. The zero-order valence-electron chi connectivity index (χ0n) is 12.2. The van der Waals surface area contributed by atoms with Crippen molar-refractivity contribution in [2.45, 2.75) is 25.1 Å². The van der Waals surface area contributed by atoms with Crippen LogP contribution in [0, 0.1) is 0 Å². The Morgan fingerprint density at radius 1 is 1.13 bits per heavy atom. The van der Waals surface area contributed by atoms with Crippen LogP contribution in [0.4, 0.5) is 13.2 Å². The van der Waals surface area contributed by atoms with E-state index in [0.29, 0.717) is 28.7 Å². The van der Waals surface area contributed by atoms with Gasteiger partial charge in [-0.15, -0.1) is 24.8 Å². The molecule has 2 nitrogen and oxygen atoms in total. The number of halogens is 7. The molecule has 1 N–H and O–H groups in total. The maximum Gasteiger partial charge on any atom is 0.389 e. The highest BCUT2D eigenvalue weighted by Crippen LogP contribution is 2.37. The molecule has 1 atom stereocenters. The third-order valence-electron chi connectivity index (χ3n) is 3.63. The van der Waals surface area contributed by atoms with Crippen molar-refractivity contribution in [1.82, 2.24) is 10.2 Å². The fourth-order valence-electron chi connectivity index (χ4n) is 2.61. The number of rotatable bonds is 4. The molecular weight excluding hydrogens is 395 g/mol. The van der Waals surface area contributed by atoms with Crippen LogP contribution < -0.4 is 5.32 Å². The summed E-state index contributed by atoms with van der Waals surface area (Å²) >= 11 is 12.2. The first-order chi connectivity index (χ1) is 9.88. The SMILES string of the molecule is Cl.Cl.FC(F)(F)CC[C@@H](c1cccc(Cl)c1Cl)N1CCNCC1. The van der Waals surface area contributed by atoms with Gasteiger partial charge in [-0.3, -0.25) is 4.90 Å². The molecule has 0 saturated carbocycles. The predicted octanol–water partition coefficient (Wildman–Crippen LogP) is 5.13. The molecule has 0 radical (unpaired) electrons. The second kappa shape index (κ2) is 10.2. The van der Waals surface area contributed by atoms with Gasteiger partial charge in [0.1, 0.15) is 0 Å². The van der Waals surface area contributed by atoms with Crippen molar-refractivity contribution >= 4 is 48.0 Å². The second-order valence-electron chi connectivity index (χ2n) is 5.10. The van der Waals surface area contributed by atoms with E-state index in [0.717, 1.165) is 13.1 Å². The van der Waals surface area contributed by atoms with Crippen molar-refractivity contribution in [3.05, 3.63) is 33.8 Å². The minimum Gasteiger partial charge on any atom is -0.314 e. The summed E-state index contributed by atoms with van der Waals surface area (Å²) in [5.74, 6) is 0. The molecule has 1 aliphatic heterocycles. The first-order valence-corrected chi connectivity index (χ1v) is 7.59. The van der Waals surface area contributed by atoms with Gasteiger partial charge in [-0.25, -0.2) is 0 Å².